The number of rotatable bonds is 4. The fourth-order valence-electron chi connectivity index (χ4n) is 3.89. The van der Waals surface area contributed by atoms with Crippen LogP contribution in [0.25, 0.3) is 0 Å². The van der Waals surface area contributed by atoms with Crippen LogP contribution in [0.4, 0.5) is 16.2 Å². The zero-order chi connectivity index (χ0) is 20.4. The van der Waals surface area contributed by atoms with E-state index in [9.17, 15) is 9.59 Å². The number of piperidine rings is 1. The highest BCUT2D eigenvalue weighted by Gasteiger charge is 2.28. The first-order valence-corrected chi connectivity index (χ1v) is 9.89. The molecule has 9 nitrogen and oxygen atoms in total. The lowest BCUT2D eigenvalue weighted by atomic mass is 9.97. The van der Waals surface area contributed by atoms with Gasteiger partial charge in [0.25, 0.3) is 0 Å². The molecule has 0 atom stereocenters. The van der Waals surface area contributed by atoms with E-state index in [1.165, 1.54) is 0 Å². The summed E-state index contributed by atoms with van der Waals surface area (Å²) in [6.07, 6.45) is 2.98. The van der Waals surface area contributed by atoms with Gasteiger partial charge in [-0.25, -0.2) is 4.79 Å². The lowest BCUT2D eigenvalue weighted by Crippen LogP contribution is -2.40. The van der Waals surface area contributed by atoms with Crippen molar-refractivity contribution >= 4 is 23.3 Å². The molecular weight excluding hydrogens is 374 g/mol. The molecule has 0 spiro atoms. The first kappa shape index (κ1) is 19.2. The van der Waals surface area contributed by atoms with Crippen LogP contribution in [-0.2, 0) is 4.79 Å². The number of carbonyl (C=O) groups is 2. The molecule has 0 saturated carbocycles. The van der Waals surface area contributed by atoms with Crippen molar-refractivity contribution in [2.24, 2.45) is 0 Å². The molecule has 2 aliphatic heterocycles. The zero-order valence-corrected chi connectivity index (χ0v) is 16.7. The third-order valence-electron chi connectivity index (χ3n) is 5.47. The van der Waals surface area contributed by atoms with E-state index >= 15 is 0 Å². The minimum Gasteiger partial charge on any atom is -0.494 e. The number of amides is 3. The normalized spacial score (nSPS) is 17.7. The van der Waals surface area contributed by atoms with Crippen LogP contribution in [0.1, 0.15) is 43.3 Å². The number of aromatic nitrogens is 2. The molecule has 2 aliphatic rings. The molecule has 2 aromatic rings. The molecule has 1 aromatic heterocycles. The van der Waals surface area contributed by atoms with Gasteiger partial charge in [0.1, 0.15) is 5.75 Å². The smallest absolute Gasteiger partial charge is 0.321 e. The van der Waals surface area contributed by atoms with Crippen molar-refractivity contribution in [3.63, 3.8) is 0 Å². The van der Waals surface area contributed by atoms with E-state index in [-0.39, 0.29) is 17.9 Å². The number of likely N-dealkylation sites (tertiary alicyclic amines) is 1. The second-order valence-electron chi connectivity index (χ2n) is 7.41. The number of anilines is 2. The number of nitrogens with zero attached hydrogens (tertiary/aromatic N) is 4. The topological polar surface area (TPSA) is 101 Å². The number of hydrogen-bond donors (Lipinski definition) is 1. The number of benzene rings is 1. The van der Waals surface area contributed by atoms with Gasteiger partial charge in [-0.3, -0.25) is 4.79 Å². The second kappa shape index (κ2) is 8.10. The highest BCUT2D eigenvalue weighted by atomic mass is 16.5. The maximum Gasteiger partial charge on any atom is 0.321 e. The molecule has 1 N–H and O–H groups in total. The first-order valence-electron chi connectivity index (χ1n) is 9.89. The Morgan fingerprint density at radius 3 is 2.69 bits per heavy atom. The van der Waals surface area contributed by atoms with Crippen molar-refractivity contribution < 1.29 is 18.8 Å². The number of ether oxygens (including phenoxy) is 1. The fourth-order valence-corrected chi connectivity index (χ4v) is 3.89. The minimum absolute atomic E-state index is 0.0967. The quantitative estimate of drug-likeness (QED) is 0.848. The van der Waals surface area contributed by atoms with Gasteiger partial charge in [0.15, 0.2) is 5.82 Å². The summed E-state index contributed by atoms with van der Waals surface area (Å²) >= 11 is 0. The Hall–Kier alpha value is -3.10. The molecule has 29 heavy (non-hydrogen) atoms. The summed E-state index contributed by atoms with van der Waals surface area (Å²) in [6.45, 7) is 3.73. The summed E-state index contributed by atoms with van der Waals surface area (Å²) in [5.41, 5.74) is 1.38. The maximum absolute atomic E-state index is 12.7. The van der Waals surface area contributed by atoms with Gasteiger partial charge in [-0.2, -0.15) is 4.98 Å². The van der Waals surface area contributed by atoms with Crippen molar-refractivity contribution in [1.82, 2.24) is 15.0 Å². The molecule has 2 saturated heterocycles. The van der Waals surface area contributed by atoms with E-state index in [2.05, 4.69) is 15.5 Å². The van der Waals surface area contributed by atoms with Crippen molar-refractivity contribution in [3.8, 4) is 5.75 Å². The Labute approximate surface area is 169 Å². The largest absolute Gasteiger partial charge is 0.494 e. The van der Waals surface area contributed by atoms with Crippen LogP contribution in [0.2, 0.25) is 0 Å². The van der Waals surface area contributed by atoms with Crippen LogP contribution in [-0.4, -0.2) is 53.7 Å². The van der Waals surface area contributed by atoms with Gasteiger partial charge in [0.2, 0.25) is 11.8 Å². The highest BCUT2D eigenvalue weighted by Crippen LogP contribution is 2.34. The van der Waals surface area contributed by atoms with Gasteiger partial charge in [0, 0.05) is 43.7 Å². The molecule has 3 amide bonds. The Morgan fingerprint density at radius 1 is 1.28 bits per heavy atom. The standard InChI is InChI=1S/C20H25N5O4/c1-13-21-19(29-23-13)14-7-10-24(11-8-14)20(27)22-15-5-6-16(17(12-15)28-2)25-9-3-4-18(25)26/h5-6,12,14H,3-4,7-11H2,1-2H3,(H,22,27). The van der Waals surface area contributed by atoms with Crippen LogP contribution in [0.15, 0.2) is 22.7 Å². The summed E-state index contributed by atoms with van der Waals surface area (Å²) in [7, 11) is 1.56. The van der Waals surface area contributed by atoms with Crippen molar-refractivity contribution in [2.75, 3.05) is 37.0 Å². The van der Waals surface area contributed by atoms with Gasteiger partial charge < -0.3 is 24.4 Å². The number of urea groups is 1. The van der Waals surface area contributed by atoms with Crippen LogP contribution < -0.4 is 15.0 Å². The average Bonchev–Trinajstić information content (AvgIpc) is 3.36. The van der Waals surface area contributed by atoms with Crippen LogP contribution in [0.5, 0.6) is 5.75 Å². The molecule has 0 aliphatic carbocycles. The van der Waals surface area contributed by atoms with Gasteiger partial charge in [-0.15, -0.1) is 0 Å². The number of methoxy groups -OCH3 is 1. The SMILES string of the molecule is COc1cc(NC(=O)N2CCC(c3nc(C)no3)CC2)ccc1N1CCCC1=O. The number of carbonyl (C=O) groups excluding carboxylic acids is 2. The number of aryl methyl sites for hydroxylation is 1. The van der Waals surface area contributed by atoms with Gasteiger partial charge >= 0.3 is 6.03 Å². The fraction of sp³-hybridized carbons (Fsp3) is 0.500. The third-order valence-corrected chi connectivity index (χ3v) is 5.47. The molecule has 154 valence electrons. The molecule has 2 fully saturated rings. The van der Waals surface area contributed by atoms with Gasteiger partial charge in [-0.1, -0.05) is 5.16 Å². The molecular formula is C20H25N5O4. The average molecular weight is 399 g/mol. The zero-order valence-electron chi connectivity index (χ0n) is 16.7. The number of nitrogens with one attached hydrogen (secondary N) is 1. The molecule has 0 bridgehead atoms. The molecule has 9 heteroatoms. The molecule has 0 unspecified atom stereocenters. The Balaban J connectivity index is 1.38. The van der Waals surface area contributed by atoms with Crippen LogP contribution in [0, 0.1) is 6.92 Å². The maximum atomic E-state index is 12.7. The Bertz CT molecular complexity index is 904. The molecule has 3 heterocycles. The lowest BCUT2D eigenvalue weighted by molar-refractivity contribution is -0.117. The minimum atomic E-state index is -0.155. The van der Waals surface area contributed by atoms with E-state index < -0.39 is 0 Å². The van der Waals surface area contributed by atoms with E-state index in [1.54, 1.807) is 36.0 Å². The Morgan fingerprint density at radius 2 is 2.07 bits per heavy atom. The summed E-state index contributed by atoms with van der Waals surface area (Å²) in [4.78, 5) is 32.5. The predicted octanol–water partition coefficient (Wildman–Crippen LogP) is 2.92. The van der Waals surface area contributed by atoms with E-state index in [0.29, 0.717) is 49.2 Å². The first-order chi connectivity index (χ1) is 14.0. The van der Waals surface area contributed by atoms with Gasteiger partial charge in [-0.05, 0) is 38.3 Å². The molecule has 0 radical (unpaired) electrons. The van der Waals surface area contributed by atoms with Gasteiger partial charge in [0.05, 0.1) is 12.8 Å². The predicted molar refractivity (Wildman–Crippen MR) is 106 cm³/mol. The van der Waals surface area contributed by atoms with Crippen LogP contribution in [0.3, 0.4) is 0 Å². The third kappa shape index (κ3) is 4.03. The van der Waals surface area contributed by atoms with E-state index in [1.807, 2.05) is 6.07 Å². The molecule has 4 rings (SSSR count). The summed E-state index contributed by atoms with van der Waals surface area (Å²) in [5.74, 6) is 2.15. The van der Waals surface area contributed by atoms with Crippen molar-refractivity contribution in [2.45, 2.75) is 38.5 Å². The van der Waals surface area contributed by atoms with E-state index in [4.69, 9.17) is 9.26 Å². The van der Waals surface area contributed by atoms with Crippen molar-refractivity contribution in [1.29, 1.82) is 0 Å². The molecule has 1 aromatic carbocycles. The Kier molecular flexibility index (Phi) is 5.37. The lowest BCUT2D eigenvalue weighted by Gasteiger charge is -2.30. The van der Waals surface area contributed by atoms with E-state index in [0.717, 1.165) is 24.9 Å². The summed E-state index contributed by atoms with van der Waals surface area (Å²) in [5, 5.41) is 6.77. The summed E-state index contributed by atoms with van der Waals surface area (Å²) in [6, 6.07) is 5.22. The van der Waals surface area contributed by atoms with Crippen LogP contribution >= 0.6 is 0 Å². The summed E-state index contributed by atoms with van der Waals surface area (Å²) < 4.78 is 10.7. The monoisotopic (exact) mass is 399 g/mol. The number of hydrogen-bond acceptors (Lipinski definition) is 6. The van der Waals surface area contributed by atoms with Crippen molar-refractivity contribution in [3.05, 3.63) is 29.9 Å². The second-order valence-corrected chi connectivity index (χ2v) is 7.41. The highest BCUT2D eigenvalue weighted by molar-refractivity contribution is 5.97.